The third kappa shape index (κ3) is 5.33. The molecule has 4 heteroatoms. The summed E-state index contributed by atoms with van der Waals surface area (Å²) in [5.74, 6) is -0.850. The summed E-state index contributed by atoms with van der Waals surface area (Å²) < 4.78 is 11.1. The molecular weight excluding hydrogens is 268 g/mol. The summed E-state index contributed by atoms with van der Waals surface area (Å²) in [6.07, 6.45) is 4.87. The van der Waals surface area contributed by atoms with E-state index in [2.05, 4.69) is 0 Å². The predicted molar refractivity (Wildman–Crippen MR) is 81.8 cm³/mol. The molecule has 0 saturated heterocycles. The van der Waals surface area contributed by atoms with E-state index in [1.54, 1.807) is 0 Å². The molecule has 0 atom stereocenters. The van der Waals surface area contributed by atoms with Crippen LogP contribution in [0.5, 0.6) is 0 Å². The minimum absolute atomic E-state index is 0.425. The third-order valence-electron chi connectivity index (χ3n) is 3.54. The van der Waals surface area contributed by atoms with Gasteiger partial charge in [0.25, 0.3) is 0 Å². The summed E-state index contributed by atoms with van der Waals surface area (Å²) in [6, 6.07) is 0. The molecule has 0 aromatic heterocycles. The van der Waals surface area contributed by atoms with Crippen LogP contribution in [0.4, 0.5) is 0 Å². The van der Waals surface area contributed by atoms with Crippen molar-refractivity contribution < 1.29 is 19.1 Å². The first-order valence-electron chi connectivity index (χ1n) is 7.93. The highest BCUT2D eigenvalue weighted by Crippen LogP contribution is 2.39. The van der Waals surface area contributed by atoms with Crippen LogP contribution in [0.15, 0.2) is 0 Å². The Balaban J connectivity index is 3.04. The summed E-state index contributed by atoms with van der Waals surface area (Å²) in [4.78, 5) is 25.4. The van der Waals surface area contributed by atoms with Gasteiger partial charge < -0.3 is 9.47 Å². The number of hydrogen-bond acceptors (Lipinski definition) is 4. The van der Waals surface area contributed by atoms with Gasteiger partial charge in [0, 0.05) is 0 Å². The molecule has 1 fully saturated rings. The fourth-order valence-corrected chi connectivity index (χ4v) is 2.58. The van der Waals surface area contributed by atoms with Crippen LogP contribution in [0.25, 0.3) is 0 Å². The second-order valence-electron chi connectivity index (χ2n) is 8.00. The molecule has 1 aliphatic rings. The molecule has 1 rings (SSSR count). The lowest BCUT2D eigenvalue weighted by molar-refractivity contribution is -0.186. The lowest BCUT2D eigenvalue weighted by Crippen LogP contribution is -2.46. The van der Waals surface area contributed by atoms with Crippen molar-refractivity contribution in [3.63, 3.8) is 0 Å². The largest absolute Gasteiger partial charge is 0.459 e. The highest BCUT2D eigenvalue weighted by atomic mass is 16.6. The predicted octanol–water partition coefficient (Wildman–Crippen LogP) is 4.01. The molecule has 1 saturated carbocycles. The normalized spacial score (nSPS) is 19.5. The summed E-state index contributed by atoms with van der Waals surface area (Å²) in [6.45, 7) is 10.9. The van der Waals surface area contributed by atoms with Crippen LogP contribution in [0.3, 0.4) is 0 Å². The molecule has 0 amide bonds. The molecule has 0 spiro atoms. The highest BCUT2D eigenvalue weighted by Gasteiger charge is 2.50. The van der Waals surface area contributed by atoms with Gasteiger partial charge in [-0.15, -0.1) is 0 Å². The second-order valence-corrected chi connectivity index (χ2v) is 8.00. The Morgan fingerprint density at radius 3 is 1.33 bits per heavy atom. The summed E-state index contributed by atoms with van der Waals surface area (Å²) in [5.41, 5.74) is -2.33. The van der Waals surface area contributed by atoms with Gasteiger partial charge in [0.2, 0.25) is 0 Å². The molecule has 0 bridgehead atoms. The lowest BCUT2D eigenvalue weighted by Gasteiger charge is -2.34. The topological polar surface area (TPSA) is 52.6 Å². The van der Waals surface area contributed by atoms with E-state index in [4.69, 9.17) is 9.47 Å². The zero-order valence-corrected chi connectivity index (χ0v) is 14.4. The van der Waals surface area contributed by atoms with Crippen molar-refractivity contribution in [2.75, 3.05) is 0 Å². The number of ether oxygens (including phenoxy) is 2. The minimum atomic E-state index is -1.13. The van der Waals surface area contributed by atoms with E-state index in [1.807, 2.05) is 41.5 Å². The van der Waals surface area contributed by atoms with Crippen LogP contribution in [0.1, 0.15) is 80.1 Å². The summed E-state index contributed by atoms with van der Waals surface area (Å²) in [7, 11) is 0. The molecule has 4 nitrogen and oxygen atoms in total. The van der Waals surface area contributed by atoms with Crippen molar-refractivity contribution in [2.24, 2.45) is 5.41 Å². The van der Waals surface area contributed by atoms with Gasteiger partial charge in [0.1, 0.15) is 11.2 Å². The van der Waals surface area contributed by atoms with Crippen molar-refractivity contribution >= 4 is 11.9 Å². The Morgan fingerprint density at radius 2 is 1.05 bits per heavy atom. The molecule has 0 aliphatic heterocycles. The Labute approximate surface area is 128 Å². The first-order valence-corrected chi connectivity index (χ1v) is 7.93. The summed E-state index contributed by atoms with van der Waals surface area (Å²) >= 11 is 0. The average molecular weight is 298 g/mol. The monoisotopic (exact) mass is 298 g/mol. The van der Waals surface area contributed by atoms with Crippen LogP contribution >= 0.6 is 0 Å². The second kappa shape index (κ2) is 6.37. The quantitative estimate of drug-likeness (QED) is 0.439. The smallest absolute Gasteiger partial charge is 0.324 e. The Kier molecular flexibility index (Phi) is 5.46. The van der Waals surface area contributed by atoms with E-state index in [1.165, 1.54) is 0 Å². The zero-order chi connectivity index (χ0) is 16.3. The van der Waals surface area contributed by atoms with Gasteiger partial charge in [0.05, 0.1) is 0 Å². The maximum Gasteiger partial charge on any atom is 0.324 e. The number of esters is 2. The van der Waals surface area contributed by atoms with E-state index in [0.29, 0.717) is 12.8 Å². The van der Waals surface area contributed by atoms with Gasteiger partial charge in [-0.25, -0.2) is 0 Å². The van der Waals surface area contributed by atoms with Crippen molar-refractivity contribution in [2.45, 2.75) is 91.3 Å². The molecule has 0 radical (unpaired) electrons. The van der Waals surface area contributed by atoms with E-state index >= 15 is 0 Å². The number of carbonyl (C=O) groups excluding carboxylic acids is 2. The van der Waals surface area contributed by atoms with Gasteiger partial charge in [-0.05, 0) is 54.4 Å². The van der Waals surface area contributed by atoms with Crippen molar-refractivity contribution in [3.05, 3.63) is 0 Å². The van der Waals surface area contributed by atoms with E-state index in [-0.39, 0.29) is 0 Å². The fourth-order valence-electron chi connectivity index (χ4n) is 2.58. The SMILES string of the molecule is CC(C)(C)OC(=O)C1(C(=O)OC(C)(C)C)CCCCCC1. The van der Waals surface area contributed by atoms with Gasteiger partial charge >= 0.3 is 11.9 Å². The number of carbonyl (C=O) groups is 2. The Hall–Kier alpha value is -1.06. The van der Waals surface area contributed by atoms with Crippen LogP contribution in [-0.4, -0.2) is 23.1 Å². The van der Waals surface area contributed by atoms with Gasteiger partial charge in [-0.1, -0.05) is 25.7 Å². The molecule has 0 aromatic carbocycles. The first kappa shape index (κ1) is 18.0. The molecule has 0 N–H and O–H groups in total. The van der Waals surface area contributed by atoms with E-state index in [0.717, 1.165) is 25.7 Å². The van der Waals surface area contributed by atoms with E-state index < -0.39 is 28.6 Å². The van der Waals surface area contributed by atoms with Crippen molar-refractivity contribution in [3.8, 4) is 0 Å². The molecular formula is C17H30O4. The molecule has 0 heterocycles. The standard InChI is InChI=1S/C17H30O4/c1-15(2,3)20-13(18)17(11-9-7-8-10-12-17)14(19)21-16(4,5)6/h7-12H2,1-6H3. The molecule has 122 valence electrons. The molecule has 1 aliphatic carbocycles. The third-order valence-corrected chi connectivity index (χ3v) is 3.54. The van der Waals surface area contributed by atoms with Gasteiger partial charge in [-0.3, -0.25) is 9.59 Å². The average Bonchev–Trinajstić information content (AvgIpc) is 2.50. The van der Waals surface area contributed by atoms with Crippen LogP contribution in [0, 0.1) is 5.41 Å². The molecule has 21 heavy (non-hydrogen) atoms. The molecule has 0 unspecified atom stereocenters. The van der Waals surface area contributed by atoms with E-state index in [9.17, 15) is 9.59 Å². The van der Waals surface area contributed by atoms with Crippen molar-refractivity contribution in [1.29, 1.82) is 0 Å². The first-order chi connectivity index (χ1) is 9.46. The zero-order valence-electron chi connectivity index (χ0n) is 14.4. The number of rotatable bonds is 2. The van der Waals surface area contributed by atoms with Crippen LogP contribution in [-0.2, 0) is 19.1 Å². The van der Waals surface area contributed by atoms with Crippen molar-refractivity contribution in [1.82, 2.24) is 0 Å². The highest BCUT2D eigenvalue weighted by molar-refractivity contribution is 6.00. The number of hydrogen-bond donors (Lipinski definition) is 0. The fraction of sp³-hybridized carbons (Fsp3) is 0.882. The maximum absolute atomic E-state index is 12.7. The maximum atomic E-state index is 12.7. The van der Waals surface area contributed by atoms with Crippen LogP contribution < -0.4 is 0 Å². The van der Waals surface area contributed by atoms with Crippen LogP contribution in [0.2, 0.25) is 0 Å². The minimum Gasteiger partial charge on any atom is -0.459 e. The van der Waals surface area contributed by atoms with Gasteiger partial charge in [-0.2, -0.15) is 0 Å². The Morgan fingerprint density at radius 1 is 0.714 bits per heavy atom. The molecule has 0 aromatic rings. The Bertz CT molecular complexity index is 347. The van der Waals surface area contributed by atoms with Gasteiger partial charge in [0.15, 0.2) is 5.41 Å². The lowest BCUT2D eigenvalue weighted by atomic mass is 9.80. The summed E-state index contributed by atoms with van der Waals surface area (Å²) in [5, 5.41) is 0.